The van der Waals surface area contributed by atoms with Crippen LogP contribution in [0.25, 0.3) is 0 Å². The van der Waals surface area contributed by atoms with Crippen molar-refractivity contribution >= 4 is 11.8 Å². The Morgan fingerprint density at radius 1 is 0.971 bits per heavy atom. The lowest BCUT2D eigenvalue weighted by Gasteiger charge is -2.29. The van der Waals surface area contributed by atoms with Crippen molar-refractivity contribution in [3.05, 3.63) is 107 Å². The summed E-state index contributed by atoms with van der Waals surface area (Å²) in [4.78, 5) is 29.3. The minimum Gasteiger partial charge on any atom is -0.503 e. The molecule has 2 N–H and O–H groups in total. The second-order valence-corrected chi connectivity index (χ2v) is 9.51. The first kappa shape index (κ1) is 23.0. The highest BCUT2D eigenvalue weighted by Crippen LogP contribution is 2.33. The van der Waals surface area contributed by atoms with E-state index in [1.807, 2.05) is 42.6 Å². The molecule has 2 amide bonds. The molecule has 3 aliphatic rings. The van der Waals surface area contributed by atoms with Gasteiger partial charge in [-0.3, -0.25) is 9.59 Å². The maximum absolute atomic E-state index is 13.0. The molecule has 2 aliphatic heterocycles. The van der Waals surface area contributed by atoms with Gasteiger partial charge in [-0.1, -0.05) is 60.7 Å². The molecule has 0 atom stereocenters. The van der Waals surface area contributed by atoms with E-state index in [9.17, 15) is 14.7 Å². The molecular weight excluding hydrogens is 438 g/mol. The molecule has 2 aromatic rings. The van der Waals surface area contributed by atoms with E-state index in [-0.39, 0.29) is 24.1 Å². The molecule has 1 aliphatic carbocycles. The number of amides is 2. The number of hydrogen-bond donors (Lipinski definition) is 2. The number of nitrogens with zero attached hydrogens (tertiary/aromatic N) is 2. The molecule has 6 heteroatoms. The molecule has 5 rings (SSSR count). The molecule has 180 valence electrons. The van der Waals surface area contributed by atoms with Crippen LogP contribution in [0.5, 0.6) is 0 Å². The number of nitrogens with one attached hydrogen (secondary N) is 1. The van der Waals surface area contributed by atoms with Crippen molar-refractivity contribution < 1.29 is 14.7 Å². The highest BCUT2D eigenvalue weighted by molar-refractivity contribution is 6.07. The second-order valence-electron chi connectivity index (χ2n) is 9.51. The standard InChI is InChI=1S/C29H31N3O3/c33-27-26(28(34)30-24-13-11-23(12-14-24)22-9-5-2-6-10-22)20-32(29(27)35)25-15-17-31(18-16-25)19-21-7-3-1-4-8-21/h1-10,15-17,23-24,33H,11-14,18-20H2,(H,30,34). The molecule has 0 bridgehead atoms. The largest absolute Gasteiger partial charge is 0.503 e. The number of carbonyl (C=O) groups excluding carboxylic acids is 2. The van der Waals surface area contributed by atoms with Crippen molar-refractivity contribution in [3.8, 4) is 0 Å². The zero-order valence-electron chi connectivity index (χ0n) is 19.8. The predicted octanol–water partition coefficient (Wildman–Crippen LogP) is 4.40. The summed E-state index contributed by atoms with van der Waals surface area (Å²) in [7, 11) is 0. The molecule has 0 radical (unpaired) electrons. The van der Waals surface area contributed by atoms with E-state index >= 15 is 0 Å². The van der Waals surface area contributed by atoms with Crippen LogP contribution in [0, 0.1) is 0 Å². The number of aliphatic hydroxyl groups is 1. The lowest BCUT2D eigenvalue weighted by atomic mass is 9.82. The highest BCUT2D eigenvalue weighted by atomic mass is 16.3. The molecule has 1 fully saturated rings. The van der Waals surface area contributed by atoms with Gasteiger partial charge in [-0.15, -0.1) is 0 Å². The van der Waals surface area contributed by atoms with Crippen LogP contribution in [0.4, 0.5) is 0 Å². The van der Waals surface area contributed by atoms with Crippen LogP contribution in [0.2, 0.25) is 0 Å². The van der Waals surface area contributed by atoms with E-state index in [1.165, 1.54) is 16.0 Å². The lowest BCUT2D eigenvalue weighted by Crippen LogP contribution is -2.39. The molecule has 0 spiro atoms. The van der Waals surface area contributed by atoms with Crippen LogP contribution < -0.4 is 5.32 Å². The summed E-state index contributed by atoms with van der Waals surface area (Å²) in [5.41, 5.74) is 3.42. The predicted molar refractivity (Wildman–Crippen MR) is 135 cm³/mol. The summed E-state index contributed by atoms with van der Waals surface area (Å²) < 4.78 is 0. The number of rotatable bonds is 6. The fourth-order valence-electron chi connectivity index (χ4n) is 5.18. The van der Waals surface area contributed by atoms with Crippen molar-refractivity contribution in [2.24, 2.45) is 0 Å². The quantitative estimate of drug-likeness (QED) is 0.658. The molecule has 0 saturated heterocycles. The van der Waals surface area contributed by atoms with Gasteiger partial charge in [0.1, 0.15) is 0 Å². The van der Waals surface area contributed by atoms with Crippen molar-refractivity contribution in [2.75, 3.05) is 13.1 Å². The average molecular weight is 470 g/mol. The third-order valence-corrected chi connectivity index (χ3v) is 7.19. The first-order valence-electron chi connectivity index (χ1n) is 12.3. The zero-order chi connectivity index (χ0) is 24.2. The summed E-state index contributed by atoms with van der Waals surface area (Å²) in [6.45, 7) is 1.51. The number of aliphatic hydroxyl groups excluding tert-OH is 1. The van der Waals surface area contributed by atoms with Gasteiger partial charge in [0.25, 0.3) is 11.8 Å². The van der Waals surface area contributed by atoms with Gasteiger partial charge in [0, 0.05) is 31.0 Å². The van der Waals surface area contributed by atoms with Crippen LogP contribution in [0.1, 0.15) is 42.7 Å². The van der Waals surface area contributed by atoms with Crippen molar-refractivity contribution in [3.63, 3.8) is 0 Å². The molecule has 0 unspecified atom stereocenters. The molecule has 2 heterocycles. The first-order chi connectivity index (χ1) is 17.1. The zero-order valence-corrected chi connectivity index (χ0v) is 19.8. The molecule has 0 aromatic heterocycles. The second kappa shape index (κ2) is 10.2. The average Bonchev–Trinajstić information content (AvgIpc) is 3.20. The van der Waals surface area contributed by atoms with E-state index in [4.69, 9.17) is 0 Å². The monoisotopic (exact) mass is 469 g/mol. The Hall–Kier alpha value is -3.80. The Labute approximate surface area is 206 Å². The lowest BCUT2D eigenvalue weighted by molar-refractivity contribution is -0.126. The summed E-state index contributed by atoms with van der Waals surface area (Å²) in [5.74, 6) is -0.781. The van der Waals surface area contributed by atoms with Crippen LogP contribution in [0.15, 0.2) is 96.0 Å². The SMILES string of the molecule is O=C(NC1CCC(c2ccccc2)CC1)C1=C(O)C(=O)N(C2=CCN(Cc3ccccc3)C=C2)C1. The minimum absolute atomic E-state index is 0.0623. The van der Waals surface area contributed by atoms with Gasteiger partial charge < -0.3 is 20.2 Å². The molecular formula is C29H31N3O3. The van der Waals surface area contributed by atoms with Crippen molar-refractivity contribution in [1.29, 1.82) is 0 Å². The smallest absolute Gasteiger partial charge is 0.293 e. The number of benzene rings is 2. The Morgan fingerprint density at radius 2 is 1.66 bits per heavy atom. The molecule has 6 nitrogen and oxygen atoms in total. The van der Waals surface area contributed by atoms with E-state index in [1.54, 1.807) is 0 Å². The Kier molecular flexibility index (Phi) is 6.70. The summed E-state index contributed by atoms with van der Waals surface area (Å²) in [6.07, 6.45) is 9.59. The topological polar surface area (TPSA) is 72.9 Å². The fraction of sp³-hybridized carbons (Fsp3) is 0.310. The summed E-state index contributed by atoms with van der Waals surface area (Å²) in [6, 6.07) is 20.8. The maximum Gasteiger partial charge on any atom is 0.293 e. The van der Waals surface area contributed by atoms with Crippen LogP contribution >= 0.6 is 0 Å². The summed E-state index contributed by atoms with van der Waals surface area (Å²) in [5, 5.41) is 13.5. The Bertz CT molecular complexity index is 1160. The van der Waals surface area contributed by atoms with Gasteiger partial charge in [-0.05, 0) is 54.9 Å². The van der Waals surface area contributed by atoms with E-state index < -0.39 is 11.7 Å². The highest BCUT2D eigenvalue weighted by Gasteiger charge is 2.36. The van der Waals surface area contributed by atoms with Gasteiger partial charge in [0.15, 0.2) is 5.76 Å². The van der Waals surface area contributed by atoms with Crippen LogP contribution in [-0.4, -0.2) is 45.9 Å². The van der Waals surface area contributed by atoms with Crippen LogP contribution in [0.3, 0.4) is 0 Å². The Balaban J connectivity index is 1.14. The first-order valence-corrected chi connectivity index (χ1v) is 12.3. The van der Waals surface area contributed by atoms with Crippen molar-refractivity contribution in [1.82, 2.24) is 15.1 Å². The summed E-state index contributed by atoms with van der Waals surface area (Å²) >= 11 is 0. The molecule has 1 saturated carbocycles. The fourth-order valence-corrected chi connectivity index (χ4v) is 5.18. The maximum atomic E-state index is 13.0. The van der Waals surface area contributed by atoms with Gasteiger partial charge in [0.2, 0.25) is 0 Å². The number of allylic oxidation sites excluding steroid dienone is 1. The van der Waals surface area contributed by atoms with Crippen molar-refractivity contribution in [2.45, 2.75) is 44.2 Å². The van der Waals surface area contributed by atoms with E-state index in [2.05, 4.69) is 46.6 Å². The third kappa shape index (κ3) is 5.16. The normalized spacial score (nSPS) is 22.4. The van der Waals surface area contributed by atoms with Gasteiger partial charge >= 0.3 is 0 Å². The number of hydrogen-bond acceptors (Lipinski definition) is 4. The van der Waals surface area contributed by atoms with E-state index in [0.717, 1.165) is 32.2 Å². The van der Waals surface area contributed by atoms with Gasteiger partial charge in [-0.2, -0.15) is 0 Å². The van der Waals surface area contributed by atoms with E-state index in [0.29, 0.717) is 18.2 Å². The van der Waals surface area contributed by atoms with Gasteiger partial charge in [-0.25, -0.2) is 0 Å². The third-order valence-electron chi connectivity index (χ3n) is 7.19. The number of carbonyl (C=O) groups is 2. The molecule has 35 heavy (non-hydrogen) atoms. The van der Waals surface area contributed by atoms with Crippen LogP contribution in [-0.2, 0) is 16.1 Å². The minimum atomic E-state index is -0.518. The van der Waals surface area contributed by atoms with Gasteiger partial charge in [0.05, 0.1) is 12.1 Å². The Morgan fingerprint density at radius 3 is 2.31 bits per heavy atom. The molecule has 2 aromatic carbocycles.